The molecule has 0 radical (unpaired) electrons. The summed E-state index contributed by atoms with van der Waals surface area (Å²) in [4.78, 5) is 0. The first-order valence-electron chi connectivity index (χ1n) is 4.92. The Balaban J connectivity index is 2.14. The van der Waals surface area contributed by atoms with Gasteiger partial charge in [-0.25, -0.2) is 0 Å². The molecule has 1 aromatic rings. The van der Waals surface area contributed by atoms with E-state index in [-0.39, 0.29) is 0 Å². The molecule has 0 amide bonds. The van der Waals surface area contributed by atoms with E-state index in [2.05, 4.69) is 14.8 Å². The van der Waals surface area contributed by atoms with Gasteiger partial charge in [-0.3, -0.25) is 0 Å². The number of hydrogen-bond acceptors (Lipinski definition) is 3. The van der Waals surface area contributed by atoms with Crippen LogP contribution in [0.2, 0.25) is 0 Å². The third-order valence-corrected chi connectivity index (χ3v) is 2.49. The van der Waals surface area contributed by atoms with E-state index < -0.39 is 0 Å². The molecule has 0 aliphatic heterocycles. The lowest BCUT2D eigenvalue weighted by Crippen LogP contribution is -2.09. The molecule has 0 atom stereocenters. The van der Waals surface area contributed by atoms with E-state index in [0.717, 1.165) is 25.3 Å². The standard InChI is InChI=1S/C9H16N4/c1-7-11-12-9(8-3-4-8)13(7)6-2-5-10/h8H,2-6,10H2,1H3. The summed E-state index contributed by atoms with van der Waals surface area (Å²) in [5.74, 6) is 2.88. The SMILES string of the molecule is Cc1nnc(C2CC2)n1CCCN. The van der Waals surface area contributed by atoms with Crippen molar-refractivity contribution in [3.8, 4) is 0 Å². The molecule has 4 heteroatoms. The fraction of sp³-hybridized carbons (Fsp3) is 0.778. The summed E-state index contributed by atoms with van der Waals surface area (Å²) in [6, 6.07) is 0. The molecule has 1 aromatic heterocycles. The minimum Gasteiger partial charge on any atom is -0.330 e. The number of nitrogens with two attached hydrogens (primary N) is 1. The molecule has 13 heavy (non-hydrogen) atoms. The van der Waals surface area contributed by atoms with Gasteiger partial charge in [0.25, 0.3) is 0 Å². The van der Waals surface area contributed by atoms with Crippen LogP contribution in [-0.2, 0) is 6.54 Å². The highest BCUT2D eigenvalue weighted by Crippen LogP contribution is 2.39. The van der Waals surface area contributed by atoms with E-state index in [1.807, 2.05) is 6.92 Å². The van der Waals surface area contributed by atoms with Crippen LogP contribution in [0.25, 0.3) is 0 Å². The van der Waals surface area contributed by atoms with Crippen molar-refractivity contribution in [1.82, 2.24) is 14.8 Å². The zero-order valence-corrected chi connectivity index (χ0v) is 8.03. The van der Waals surface area contributed by atoms with E-state index in [9.17, 15) is 0 Å². The zero-order chi connectivity index (χ0) is 9.26. The van der Waals surface area contributed by atoms with Gasteiger partial charge >= 0.3 is 0 Å². The molecule has 2 rings (SSSR count). The van der Waals surface area contributed by atoms with Crippen molar-refractivity contribution >= 4 is 0 Å². The van der Waals surface area contributed by atoms with Crippen LogP contribution in [0.4, 0.5) is 0 Å². The fourth-order valence-corrected chi connectivity index (χ4v) is 1.57. The Morgan fingerprint density at radius 3 is 2.85 bits per heavy atom. The van der Waals surface area contributed by atoms with Gasteiger partial charge in [-0.15, -0.1) is 10.2 Å². The topological polar surface area (TPSA) is 56.7 Å². The molecule has 1 heterocycles. The maximum absolute atomic E-state index is 5.48. The molecule has 0 saturated heterocycles. The molecule has 2 N–H and O–H groups in total. The highest BCUT2D eigenvalue weighted by Gasteiger charge is 2.29. The lowest BCUT2D eigenvalue weighted by molar-refractivity contribution is 0.604. The number of aromatic nitrogens is 3. The summed E-state index contributed by atoms with van der Waals surface area (Å²) in [5.41, 5.74) is 5.48. The van der Waals surface area contributed by atoms with E-state index in [4.69, 9.17) is 5.73 Å². The van der Waals surface area contributed by atoms with Gasteiger partial charge in [0, 0.05) is 12.5 Å². The first kappa shape index (κ1) is 8.69. The van der Waals surface area contributed by atoms with Gasteiger partial charge in [0.1, 0.15) is 11.6 Å². The highest BCUT2D eigenvalue weighted by molar-refractivity contribution is 5.07. The normalized spacial score (nSPS) is 16.5. The van der Waals surface area contributed by atoms with Gasteiger partial charge in [-0.1, -0.05) is 0 Å². The Bertz CT molecular complexity index is 288. The summed E-state index contributed by atoms with van der Waals surface area (Å²) in [6.45, 7) is 3.72. The number of rotatable bonds is 4. The first-order valence-corrected chi connectivity index (χ1v) is 4.92. The van der Waals surface area contributed by atoms with Crippen LogP contribution in [0.3, 0.4) is 0 Å². The van der Waals surface area contributed by atoms with Crippen LogP contribution < -0.4 is 5.73 Å². The first-order chi connectivity index (χ1) is 6.33. The van der Waals surface area contributed by atoms with Crippen LogP contribution in [0.5, 0.6) is 0 Å². The summed E-state index contributed by atoms with van der Waals surface area (Å²) >= 11 is 0. The summed E-state index contributed by atoms with van der Waals surface area (Å²) in [5, 5.41) is 8.31. The molecule has 1 saturated carbocycles. The second-order valence-electron chi connectivity index (χ2n) is 3.67. The lowest BCUT2D eigenvalue weighted by Gasteiger charge is -2.06. The third kappa shape index (κ3) is 1.72. The highest BCUT2D eigenvalue weighted by atomic mass is 15.3. The third-order valence-electron chi connectivity index (χ3n) is 2.49. The zero-order valence-electron chi connectivity index (χ0n) is 8.03. The van der Waals surface area contributed by atoms with E-state index >= 15 is 0 Å². The Kier molecular flexibility index (Phi) is 2.31. The largest absolute Gasteiger partial charge is 0.330 e. The van der Waals surface area contributed by atoms with Gasteiger partial charge in [0.2, 0.25) is 0 Å². The van der Waals surface area contributed by atoms with Crippen LogP contribution in [0.15, 0.2) is 0 Å². The molecule has 1 aliphatic carbocycles. The Morgan fingerprint density at radius 2 is 2.23 bits per heavy atom. The average Bonchev–Trinajstić information content (AvgIpc) is 2.89. The van der Waals surface area contributed by atoms with Crippen molar-refractivity contribution in [2.75, 3.05) is 6.54 Å². The predicted molar refractivity (Wildman–Crippen MR) is 50.4 cm³/mol. The fourth-order valence-electron chi connectivity index (χ4n) is 1.57. The van der Waals surface area contributed by atoms with Crippen LogP contribution in [-0.4, -0.2) is 21.3 Å². The molecule has 0 unspecified atom stereocenters. The van der Waals surface area contributed by atoms with Crippen molar-refractivity contribution in [2.45, 2.75) is 38.6 Å². The number of nitrogens with zero attached hydrogens (tertiary/aromatic N) is 3. The summed E-state index contributed by atoms with van der Waals surface area (Å²) in [6.07, 6.45) is 3.57. The van der Waals surface area contributed by atoms with E-state index in [1.165, 1.54) is 18.7 Å². The summed E-state index contributed by atoms with van der Waals surface area (Å²) in [7, 11) is 0. The Labute approximate surface area is 78.1 Å². The van der Waals surface area contributed by atoms with Gasteiger partial charge in [-0.05, 0) is 32.7 Å². The number of aryl methyl sites for hydroxylation is 1. The van der Waals surface area contributed by atoms with Crippen molar-refractivity contribution in [2.24, 2.45) is 5.73 Å². The van der Waals surface area contributed by atoms with Crippen molar-refractivity contribution < 1.29 is 0 Å². The van der Waals surface area contributed by atoms with Crippen molar-refractivity contribution in [3.63, 3.8) is 0 Å². The maximum atomic E-state index is 5.48. The molecule has 1 fully saturated rings. The molecule has 1 aliphatic rings. The molecule has 0 spiro atoms. The quantitative estimate of drug-likeness (QED) is 0.746. The van der Waals surface area contributed by atoms with E-state index in [1.54, 1.807) is 0 Å². The lowest BCUT2D eigenvalue weighted by atomic mass is 10.3. The van der Waals surface area contributed by atoms with Crippen molar-refractivity contribution in [3.05, 3.63) is 11.6 Å². The molecule has 0 aromatic carbocycles. The van der Waals surface area contributed by atoms with Gasteiger partial charge in [0.15, 0.2) is 0 Å². The molecule has 72 valence electrons. The van der Waals surface area contributed by atoms with Crippen LogP contribution >= 0.6 is 0 Å². The van der Waals surface area contributed by atoms with Gasteiger partial charge in [0.05, 0.1) is 0 Å². The Morgan fingerprint density at radius 1 is 1.46 bits per heavy atom. The minimum atomic E-state index is 0.680. The molecular weight excluding hydrogens is 164 g/mol. The van der Waals surface area contributed by atoms with Crippen LogP contribution in [0.1, 0.15) is 36.8 Å². The molecule has 0 bridgehead atoms. The minimum absolute atomic E-state index is 0.680. The maximum Gasteiger partial charge on any atom is 0.136 e. The second-order valence-corrected chi connectivity index (χ2v) is 3.67. The average molecular weight is 180 g/mol. The predicted octanol–water partition coefficient (Wildman–Crippen LogP) is 0.813. The Hall–Kier alpha value is -0.900. The number of hydrogen-bond donors (Lipinski definition) is 1. The molecular formula is C9H16N4. The van der Waals surface area contributed by atoms with Crippen LogP contribution in [0, 0.1) is 6.92 Å². The van der Waals surface area contributed by atoms with Gasteiger partial charge < -0.3 is 10.3 Å². The van der Waals surface area contributed by atoms with Gasteiger partial charge in [-0.2, -0.15) is 0 Å². The monoisotopic (exact) mass is 180 g/mol. The smallest absolute Gasteiger partial charge is 0.136 e. The molecule has 4 nitrogen and oxygen atoms in total. The van der Waals surface area contributed by atoms with E-state index in [0.29, 0.717) is 5.92 Å². The van der Waals surface area contributed by atoms with Crippen molar-refractivity contribution in [1.29, 1.82) is 0 Å². The summed E-state index contributed by atoms with van der Waals surface area (Å²) < 4.78 is 2.21. The second kappa shape index (κ2) is 3.46.